The van der Waals surface area contributed by atoms with Gasteiger partial charge in [-0.05, 0) is 45.3 Å². The van der Waals surface area contributed by atoms with E-state index in [0.717, 1.165) is 17.2 Å². The van der Waals surface area contributed by atoms with Crippen molar-refractivity contribution >= 4 is 35.2 Å². The molecule has 0 aliphatic rings. The number of hydrogen-bond acceptors (Lipinski definition) is 7. The summed E-state index contributed by atoms with van der Waals surface area (Å²) in [5.74, 6) is 1.04. The summed E-state index contributed by atoms with van der Waals surface area (Å²) in [5.41, 5.74) is 1.50. The van der Waals surface area contributed by atoms with Gasteiger partial charge in [-0.1, -0.05) is 49.3 Å². The number of thioether (sulfide) groups is 1. The van der Waals surface area contributed by atoms with E-state index in [9.17, 15) is 4.79 Å². The molecule has 0 aliphatic carbocycles. The second-order valence-corrected chi connectivity index (χ2v) is 9.83. The second-order valence-electron chi connectivity index (χ2n) is 8.46. The van der Waals surface area contributed by atoms with Crippen molar-refractivity contribution in [2.75, 3.05) is 25.2 Å². The van der Waals surface area contributed by atoms with E-state index in [1.54, 1.807) is 6.07 Å². The summed E-state index contributed by atoms with van der Waals surface area (Å²) in [7, 11) is 3.96. The fraction of sp³-hybridized carbons (Fsp3) is 0.429. The van der Waals surface area contributed by atoms with Crippen molar-refractivity contribution < 1.29 is 9.32 Å². The smallest absolute Gasteiger partial charge is 0.237 e. The molecular weight excluding hydrogens is 436 g/mol. The van der Waals surface area contributed by atoms with Crippen LogP contribution in [0.2, 0.25) is 5.02 Å². The summed E-state index contributed by atoms with van der Waals surface area (Å²) < 4.78 is 7.19. The lowest BCUT2D eigenvalue weighted by Gasteiger charge is -2.20. The number of nitrogens with zero attached hydrogens (tertiary/aromatic N) is 5. The Kier molecular flexibility index (Phi) is 7.08. The van der Waals surface area contributed by atoms with Gasteiger partial charge in [-0.3, -0.25) is 19.6 Å². The van der Waals surface area contributed by atoms with Gasteiger partial charge in [-0.25, -0.2) is 0 Å². The van der Waals surface area contributed by atoms with Gasteiger partial charge in [0.25, 0.3) is 0 Å². The number of nitrogens with one attached hydrogen (secondary N) is 1. The zero-order chi connectivity index (χ0) is 22.8. The summed E-state index contributed by atoms with van der Waals surface area (Å²) in [5, 5.41) is 16.8. The van der Waals surface area contributed by atoms with E-state index in [1.165, 1.54) is 11.8 Å². The first-order chi connectivity index (χ1) is 14.6. The van der Waals surface area contributed by atoms with Crippen LogP contribution in [0.4, 0.5) is 5.88 Å². The molecule has 2 aromatic heterocycles. The highest BCUT2D eigenvalue weighted by Gasteiger charge is 2.23. The van der Waals surface area contributed by atoms with Crippen molar-refractivity contribution in [3.8, 4) is 5.69 Å². The van der Waals surface area contributed by atoms with Gasteiger partial charge in [0.15, 0.2) is 11.0 Å². The van der Waals surface area contributed by atoms with E-state index < -0.39 is 0 Å². The van der Waals surface area contributed by atoms with Gasteiger partial charge in [0.2, 0.25) is 11.8 Å². The summed E-state index contributed by atoms with van der Waals surface area (Å²) in [6.07, 6.45) is 0. The van der Waals surface area contributed by atoms with Crippen LogP contribution in [0.3, 0.4) is 0 Å². The molecule has 0 spiro atoms. The largest absolute Gasteiger partial charge is 0.338 e. The Morgan fingerprint density at radius 1 is 1.26 bits per heavy atom. The number of amides is 1. The van der Waals surface area contributed by atoms with Crippen molar-refractivity contribution in [2.24, 2.45) is 0 Å². The molecule has 0 aliphatic heterocycles. The predicted octanol–water partition coefficient (Wildman–Crippen LogP) is 4.56. The number of benzene rings is 1. The van der Waals surface area contributed by atoms with Crippen LogP contribution >= 0.6 is 23.4 Å². The highest BCUT2D eigenvalue weighted by molar-refractivity contribution is 7.99. The van der Waals surface area contributed by atoms with Gasteiger partial charge in [0.05, 0.1) is 17.5 Å². The Labute approximate surface area is 191 Å². The summed E-state index contributed by atoms with van der Waals surface area (Å²) in [6, 6.07) is 9.22. The minimum Gasteiger partial charge on any atom is -0.338 e. The quantitative estimate of drug-likeness (QED) is 0.515. The Morgan fingerprint density at radius 3 is 2.52 bits per heavy atom. The molecule has 31 heavy (non-hydrogen) atoms. The van der Waals surface area contributed by atoms with Crippen LogP contribution in [0.15, 0.2) is 40.0 Å². The molecule has 3 rings (SSSR count). The van der Waals surface area contributed by atoms with Crippen molar-refractivity contribution in [3.63, 3.8) is 0 Å². The third kappa shape index (κ3) is 5.66. The third-order valence-corrected chi connectivity index (χ3v) is 5.95. The number of carbonyl (C=O) groups is 1. The summed E-state index contributed by atoms with van der Waals surface area (Å²) in [6.45, 7) is 8.14. The van der Waals surface area contributed by atoms with E-state index in [4.69, 9.17) is 16.1 Å². The second kappa shape index (κ2) is 9.42. The van der Waals surface area contributed by atoms with Gasteiger partial charge in [-0.15, -0.1) is 10.2 Å². The maximum absolute atomic E-state index is 12.5. The molecule has 1 unspecified atom stereocenters. The Hall–Kier alpha value is -2.36. The van der Waals surface area contributed by atoms with Crippen molar-refractivity contribution in [1.29, 1.82) is 0 Å². The average Bonchev–Trinajstić information content (AvgIpc) is 3.33. The maximum atomic E-state index is 12.5. The highest BCUT2D eigenvalue weighted by atomic mass is 35.5. The molecule has 3 aromatic rings. The van der Waals surface area contributed by atoms with Gasteiger partial charge < -0.3 is 4.52 Å². The highest BCUT2D eigenvalue weighted by Crippen LogP contribution is 2.28. The molecule has 1 atom stereocenters. The predicted molar refractivity (Wildman–Crippen MR) is 123 cm³/mol. The molecule has 0 radical (unpaired) electrons. The number of rotatable bonds is 7. The SMILES string of the molecule is CC(c1nnc(SCC(=O)Nc2cc(C(C)(C)C)no2)n1-c1ccc(Cl)cc1)N(C)C. The Morgan fingerprint density at radius 2 is 1.94 bits per heavy atom. The first-order valence-electron chi connectivity index (χ1n) is 9.84. The molecule has 1 N–H and O–H groups in total. The van der Waals surface area contributed by atoms with Crippen LogP contribution < -0.4 is 5.32 Å². The van der Waals surface area contributed by atoms with Crippen LogP contribution in [0.1, 0.15) is 45.3 Å². The van der Waals surface area contributed by atoms with Crippen LogP contribution in [0.25, 0.3) is 5.69 Å². The van der Waals surface area contributed by atoms with Gasteiger partial charge in [0, 0.05) is 22.2 Å². The van der Waals surface area contributed by atoms with Crippen molar-refractivity contribution in [2.45, 2.75) is 44.3 Å². The summed E-state index contributed by atoms with van der Waals surface area (Å²) >= 11 is 7.35. The van der Waals surface area contributed by atoms with E-state index in [2.05, 4.69) is 20.7 Å². The van der Waals surface area contributed by atoms with Crippen LogP contribution in [-0.4, -0.2) is 50.6 Å². The maximum Gasteiger partial charge on any atom is 0.237 e. The fourth-order valence-corrected chi connectivity index (χ4v) is 3.59. The number of aromatic nitrogens is 4. The minimum absolute atomic E-state index is 0.0244. The van der Waals surface area contributed by atoms with E-state index in [0.29, 0.717) is 16.1 Å². The Bertz CT molecular complexity index is 1040. The Balaban J connectivity index is 1.77. The first kappa shape index (κ1) is 23.3. The molecule has 2 heterocycles. The normalized spacial score (nSPS) is 12.9. The van der Waals surface area contributed by atoms with E-state index in [1.807, 2.05) is 75.5 Å². The lowest BCUT2D eigenvalue weighted by atomic mass is 9.92. The van der Waals surface area contributed by atoms with Gasteiger partial charge in [-0.2, -0.15) is 0 Å². The molecule has 1 amide bonds. The van der Waals surface area contributed by atoms with Crippen LogP contribution in [0, 0.1) is 0 Å². The van der Waals surface area contributed by atoms with E-state index in [-0.39, 0.29) is 23.1 Å². The lowest BCUT2D eigenvalue weighted by Crippen LogP contribution is -2.21. The topological polar surface area (TPSA) is 89.1 Å². The lowest BCUT2D eigenvalue weighted by molar-refractivity contribution is -0.113. The molecule has 0 bridgehead atoms. The monoisotopic (exact) mass is 462 g/mol. The van der Waals surface area contributed by atoms with E-state index >= 15 is 0 Å². The summed E-state index contributed by atoms with van der Waals surface area (Å²) in [4.78, 5) is 14.5. The molecular formula is C21H27ClN6O2S. The molecule has 10 heteroatoms. The van der Waals surface area contributed by atoms with Crippen LogP contribution in [0.5, 0.6) is 0 Å². The zero-order valence-corrected chi connectivity index (χ0v) is 20.1. The number of carbonyl (C=O) groups excluding carboxylic acids is 1. The fourth-order valence-electron chi connectivity index (χ4n) is 2.70. The zero-order valence-electron chi connectivity index (χ0n) is 18.5. The molecule has 8 nitrogen and oxygen atoms in total. The standard InChI is InChI=1S/C21H27ClN6O2S/c1-13(27(5)6)19-24-25-20(28(19)15-9-7-14(22)8-10-15)31-12-17(29)23-18-11-16(26-30-18)21(2,3)4/h7-11,13H,12H2,1-6H3,(H,23,29). The first-order valence-corrected chi connectivity index (χ1v) is 11.2. The molecule has 0 saturated heterocycles. The van der Waals surface area contributed by atoms with Crippen molar-refractivity contribution in [1.82, 2.24) is 24.8 Å². The van der Waals surface area contributed by atoms with Crippen molar-refractivity contribution in [3.05, 3.63) is 46.9 Å². The number of halogens is 1. The number of hydrogen-bond donors (Lipinski definition) is 1. The third-order valence-electron chi connectivity index (χ3n) is 4.77. The average molecular weight is 463 g/mol. The van der Waals surface area contributed by atoms with Gasteiger partial charge >= 0.3 is 0 Å². The number of anilines is 1. The molecule has 166 valence electrons. The van der Waals surface area contributed by atoms with Gasteiger partial charge in [0.1, 0.15) is 0 Å². The molecule has 0 saturated carbocycles. The minimum atomic E-state index is -0.213. The van der Waals surface area contributed by atoms with Crippen LogP contribution in [-0.2, 0) is 10.2 Å². The molecule has 0 fully saturated rings. The molecule has 1 aromatic carbocycles.